The second-order valence-electron chi connectivity index (χ2n) is 7.61. The van der Waals surface area contributed by atoms with Crippen LogP contribution in [0, 0.1) is 11.8 Å². The molecule has 2 heterocycles. The van der Waals surface area contributed by atoms with Gasteiger partial charge in [-0.1, -0.05) is 25.0 Å². The van der Waals surface area contributed by atoms with Gasteiger partial charge in [0.25, 0.3) is 0 Å². The van der Waals surface area contributed by atoms with Gasteiger partial charge in [-0.3, -0.25) is 19.3 Å². The van der Waals surface area contributed by atoms with Crippen LogP contribution in [-0.2, 0) is 14.4 Å². The predicted molar refractivity (Wildman–Crippen MR) is 102 cm³/mol. The average molecular weight is 380 g/mol. The van der Waals surface area contributed by atoms with Crippen molar-refractivity contribution < 1.29 is 14.4 Å². The van der Waals surface area contributed by atoms with Crippen molar-refractivity contribution in [3.8, 4) is 5.69 Å². The highest BCUT2D eigenvalue weighted by molar-refractivity contribution is 6.07. The Hall–Kier alpha value is -2.96. The number of nitrogens with one attached hydrogen (secondary N) is 1. The number of hydrogen-bond acceptors (Lipinski definition) is 4. The Morgan fingerprint density at radius 1 is 1.14 bits per heavy atom. The third kappa shape index (κ3) is 3.44. The van der Waals surface area contributed by atoms with E-state index < -0.39 is 0 Å². The van der Waals surface area contributed by atoms with Crippen LogP contribution in [-0.4, -0.2) is 38.7 Å². The number of fused-ring (bicyclic) bond motifs is 1. The molecule has 7 nitrogen and oxygen atoms in total. The molecular weight excluding hydrogens is 356 g/mol. The van der Waals surface area contributed by atoms with Crippen molar-refractivity contribution >= 4 is 17.7 Å². The SMILES string of the molecule is C[C@H](NC(=O)CN1C(=O)[C@H]2CCCC[C@H]2C1=O)c1ccc(-n2ccnc2)cc1. The van der Waals surface area contributed by atoms with Crippen molar-refractivity contribution in [1.82, 2.24) is 19.8 Å². The summed E-state index contributed by atoms with van der Waals surface area (Å²) in [5.41, 5.74) is 1.93. The highest BCUT2D eigenvalue weighted by Gasteiger charge is 2.48. The van der Waals surface area contributed by atoms with E-state index in [4.69, 9.17) is 0 Å². The molecule has 1 aliphatic carbocycles. The molecule has 0 radical (unpaired) electrons. The number of aromatic nitrogens is 2. The van der Waals surface area contributed by atoms with Gasteiger partial charge in [0.15, 0.2) is 0 Å². The number of nitrogens with zero attached hydrogens (tertiary/aromatic N) is 3. The van der Waals surface area contributed by atoms with Gasteiger partial charge in [0, 0.05) is 18.1 Å². The summed E-state index contributed by atoms with van der Waals surface area (Å²) < 4.78 is 1.90. The molecule has 146 valence electrons. The van der Waals surface area contributed by atoms with E-state index in [0.29, 0.717) is 0 Å². The number of carbonyl (C=O) groups is 3. The fourth-order valence-electron chi connectivity index (χ4n) is 4.25. The molecule has 2 aliphatic rings. The Morgan fingerprint density at radius 2 is 1.79 bits per heavy atom. The molecule has 1 aromatic carbocycles. The Morgan fingerprint density at radius 3 is 2.36 bits per heavy atom. The molecule has 4 rings (SSSR count). The largest absolute Gasteiger partial charge is 0.348 e. The molecule has 0 bridgehead atoms. The van der Waals surface area contributed by atoms with Crippen molar-refractivity contribution in [1.29, 1.82) is 0 Å². The first-order valence-electron chi connectivity index (χ1n) is 9.77. The maximum atomic E-state index is 12.5. The highest BCUT2D eigenvalue weighted by atomic mass is 16.2. The quantitative estimate of drug-likeness (QED) is 0.806. The van der Waals surface area contributed by atoms with Crippen LogP contribution >= 0.6 is 0 Å². The number of likely N-dealkylation sites (tertiary alicyclic amines) is 1. The second-order valence-corrected chi connectivity index (χ2v) is 7.61. The van der Waals surface area contributed by atoms with Gasteiger partial charge < -0.3 is 9.88 Å². The van der Waals surface area contributed by atoms with Crippen molar-refractivity contribution in [3.63, 3.8) is 0 Å². The molecule has 1 aromatic heterocycles. The lowest BCUT2D eigenvalue weighted by atomic mass is 9.81. The molecule has 3 amide bonds. The molecule has 1 saturated heterocycles. The molecule has 0 unspecified atom stereocenters. The number of hydrogen-bond donors (Lipinski definition) is 1. The van der Waals surface area contributed by atoms with Crippen LogP contribution in [0.5, 0.6) is 0 Å². The van der Waals surface area contributed by atoms with E-state index in [9.17, 15) is 14.4 Å². The van der Waals surface area contributed by atoms with Crippen molar-refractivity contribution in [2.75, 3.05) is 6.54 Å². The Bertz CT molecular complexity index is 852. The first-order chi connectivity index (χ1) is 13.5. The van der Waals surface area contributed by atoms with Crippen LogP contribution < -0.4 is 5.32 Å². The maximum absolute atomic E-state index is 12.5. The lowest BCUT2D eigenvalue weighted by Gasteiger charge is -2.19. The van der Waals surface area contributed by atoms with Gasteiger partial charge in [0.2, 0.25) is 17.7 Å². The molecule has 2 aromatic rings. The maximum Gasteiger partial charge on any atom is 0.240 e. The monoisotopic (exact) mass is 380 g/mol. The van der Waals surface area contributed by atoms with Gasteiger partial charge in [-0.25, -0.2) is 4.98 Å². The minimum Gasteiger partial charge on any atom is -0.348 e. The first-order valence-corrected chi connectivity index (χ1v) is 9.77. The summed E-state index contributed by atoms with van der Waals surface area (Å²) in [5.74, 6) is -1.11. The molecule has 2 fully saturated rings. The zero-order valence-corrected chi connectivity index (χ0v) is 15.9. The normalized spacial score (nSPS) is 22.8. The Labute approximate surface area is 163 Å². The topological polar surface area (TPSA) is 84.3 Å². The van der Waals surface area contributed by atoms with E-state index in [1.807, 2.05) is 42.0 Å². The van der Waals surface area contributed by atoms with Crippen LogP contribution in [0.25, 0.3) is 5.69 Å². The fraction of sp³-hybridized carbons (Fsp3) is 0.429. The summed E-state index contributed by atoms with van der Waals surface area (Å²) >= 11 is 0. The van der Waals surface area contributed by atoms with Gasteiger partial charge in [0.05, 0.1) is 24.2 Å². The minimum atomic E-state index is -0.313. The average Bonchev–Trinajstić information content (AvgIpc) is 3.32. The van der Waals surface area contributed by atoms with Gasteiger partial charge in [-0.15, -0.1) is 0 Å². The van der Waals surface area contributed by atoms with Crippen molar-refractivity contribution in [2.45, 2.75) is 38.6 Å². The van der Waals surface area contributed by atoms with Crippen LogP contribution in [0.2, 0.25) is 0 Å². The highest BCUT2D eigenvalue weighted by Crippen LogP contribution is 2.37. The number of rotatable bonds is 5. The van der Waals surface area contributed by atoms with Gasteiger partial charge >= 0.3 is 0 Å². The van der Waals surface area contributed by atoms with Crippen molar-refractivity contribution in [2.24, 2.45) is 11.8 Å². The number of carbonyl (C=O) groups excluding carboxylic acids is 3. The molecule has 3 atom stereocenters. The molecule has 7 heteroatoms. The number of benzene rings is 1. The van der Waals surface area contributed by atoms with E-state index in [0.717, 1.165) is 41.8 Å². The van der Waals surface area contributed by atoms with Crippen LogP contribution in [0.15, 0.2) is 43.0 Å². The minimum absolute atomic E-state index is 0.179. The van der Waals surface area contributed by atoms with Gasteiger partial charge in [0.1, 0.15) is 6.54 Å². The molecule has 1 N–H and O–H groups in total. The Balaban J connectivity index is 1.37. The molecule has 1 aliphatic heterocycles. The first kappa shape index (κ1) is 18.4. The van der Waals surface area contributed by atoms with E-state index in [1.54, 1.807) is 12.5 Å². The van der Waals surface area contributed by atoms with E-state index in [1.165, 1.54) is 0 Å². The number of imidazole rings is 1. The molecular formula is C21H24N4O3. The summed E-state index contributed by atoms with van der Waals surface area (Å²) in [6.07, 6.45) is 8.77. The molecule has 0 spiro atoms. The summed E-state index contributed by atoms with van der Waals surface area (Å²) in [4.78, 5) is 42.7. The van der Waals surface area contributed by atoms with E-state index >= 15 is 0 Å². The summed E-state index contributed by atoms with van der Waals surface area (Å²) in [6, 6.07) is 7.58. The summed E-state index contributed by atoms with van der Waals surface area (Å²) in [7, 11) is 0. The van der Waals surface area contributed by atoms with Crippen LogP contribution in [0.4, 0.5) is 0 Å². The van der Waals surface area contributed by atoms with Crippen molar-refractivity contribution in [3.05, 3.63) is 48.5 Å². The van der Waals surface area contributed by atoms with E-state index in [2.05, 4.69) is 10.3 Å². The van der Waals surface area contributed by atoms with Gasteiger partial charge in [-0.2, -0.15) is 0 Å². The summed E-state index contributed by atoms with van der Waals surface area (Å²) in [5, 5.41) is 2.90. The number of amides is 3. The van der Waals surface area contributed by atoms with Crippen LogP contribution in [0.1, 0.15) is 44.2 Å². The standard InChI is InChI=1S/C21H24N4O3/c1-14(15-6-8-16(9-7-15)24-11-10-22-13-24)23-19(26)12-25-20(27)17-4-2-3-5-18(17)21(25)28/h6-11,13-14,17-18H,2-5,12H2,1H3,(H,23,26)/t14-,17-,18+/m0/s1. The smallest absolute Gasteiger partial charge is 0.240 e. The zero-order valence-electron chi connectivity index (χ0n) is 15.9. The number of imide groups is 1. The predicted octanol–water partition coefficient (Wildman–Crippen LogP) is 2.22. The third-order valence-electron chi connectivity index (χ3n) is 5.81. The van der Waals surface area contributed by atoms with Crippen LogP contribution in [0.3, 0.4) is 0 Å². The molecule has 28 heavy (non-hydrogen) atoms. The van der Waals surface area contributed by atoms with E-state index in [-0.39, 0.29) is 42.1 Å². The lowest BCUT2D eigenvalue weighted by molar-refractivity contribution is -0.143. The third-order valence-corrected chi connectivity index (χ3v) is 5.81. The van der Waals surface area contributed by atoms with Gasteiger partial charge in [-0.05, 0) is 37.5 Å². The fourth-order valence-corrected chi connectivity index (χ4v) is 4.25. The second kappa shape index (κ2) is 7.58. The Kier molecular flexibility index (Phi) is 4.98. The molecule has 1 saturated carbocycles. The zero-order chi connectivity index (χ0) is 19.7. The lowest BCUT2D eigenvalue weighted by Crippen LogP contribution is -2.41. The summed E-state index contributed by atoms with van der Waals surface area (Å²) in [6.45, 7) is 1.69.